The van der Waals surface area contributed by atoms with Gasteiger partial charge in [0.05, 0.1) is 39.1 Å². The molecule has 2 aromatic heterocycles. The average Bonchev–Trinajstić information content (AvgIpc) is 3.43. The normalized spacial score (nSPS) is 22.4. The van der Waals surface area contributed by atoms with Crippen molar-refractivity contribution in [2.75, 3.05) is 0 Å². The number of benzene rings is 2. The van der Waals surface area contributed by atoms with Gasteiger partial charge >= 0.3 is 0 Å². The van der Waals surface area contributed by atoms with E-state index in [4.69, 9.17) is 16.3 Å². The SMILES string of the molecule is CC12CCC(CCn3cc(Cl)ccc3=O)(O1)c1c2c(O)n(-c2ccc(C#N)c3ccccc23)c1O. The maximum absolute atomic E-state index is 12.3. The first-order valence-electron chi connectivity index (χ1n) is 11.4. The highest BCUT2D eigenvalue weighted by molar-refractivity contribution is 6.30. The molecule has 0 aliphatic carbocycles. The molecule has 4 heterocycles. The zero-order valence-corrected chi connectivity index (χ0v) is 19.7. The van der Waals surface area contributed by atoms with Gasteiger partial charge in [-0.05, 0) is 44.4 Å². The van der Waals surface area contributed by atoms with Gasteiger partial charge in [-0.3, -0.25) is 9.36 Å². The molecule has 2 atom stereocenters. The number of pyridine rings is 1. The Morgan fingerprint density at radius 2 is 1.80 bits per heavy atom. The highest BCUT2D eigenvalue weighted by Gasteiger charge is 2.61. The van der Waals surface area contributed by atoms with Crippen molar-refractivity contribution in [2.45, 2.75) is 43.9 Å². The number of aromatic nitrogens is 2. The summed E-state index contributed by atoms with van der Waals surface area (Å²) in [4.78, 5) is 12.3. The molecule has 2 aliphatic rings. The standard InChI is InChI=1S/C27H22ClN3O4/c1-26-10-11-27(35-26,12-13-30-15-17(28)7-9-21(30)32)23-22(26)24(33)31(25(23)34)20-8-6-16(14-29)18-4-2-3-5-19(18)20/h2-9,15,33-34H,10-13H2,1H3. The largest absolute Gasteiger partial charge is 0.494 e. The van der Waals surface area contributed by atoms with E-state index in [1.165, 1.54) is 15.2 Å². The Balaban J connectivity index is 1.51. The molecule has 7 nitrogen and oxygen atoms in total. The average molecular weight is 488 g/mol. The summed E-state index contributed by atoms with van der Waals surface area (Å²) < 4.78 is 9.48. The van der Waals surface area contributed by atoms with E-state index in [9.17, 15) is 20.3 Å². The number of ether oxygens (including phenoxy) is 1. The second-order valence-electron chi connectivity index (χ2n) is 9.48. The Morgan fingerprint density at radius 3 is 2.57 bits per heavy atom. The van der Waals surface area contributed by atoms with Crippen molar-refractivity contribution in [1.82, 2.24) is 9.13 Å². The molecule has 176 valence electrons. The summed E-state index contributed by atoms with van der Waals surface area (Å²) in [7, 11) is 0. The maximum atomic E-state index is 12.3. The first-order chi connectivity index (χ1) is 16.8. The van der Waals surface area contributed by atoms with Crippen molar-refractivity contribution < 1.29 is 14.9 Å². The summed E-state index contributed by atoms with van der Waals surface area (Å²) in [6, 6.07) is 16.0. The lowest BCUT2D eigenvalue weighted by Crippen LogP contribution is -2.28. The fourth-order valence-corrected chi connectivity index (χ4v) is 6.07. The van der Waals surface area contributed by atoms with Crippen molar-refractivity contribution >= 4 is 22.4 Å². The molecule has 2 unspecified atom stereocenters. The van der Waals surface area contributed by atoms with E-state index in [0.717, 1.165) is 10.8 Å². The van der Waals surface area contributed by atoms with Gasteiger partial charge in [-0.25, -0.2) is 0 Å². The third-order valence-corrected chi connectivity index (χ3v) is 7.72. The predicted molar refractivity (Wildman–Crippen MR) is 131 cm³/mol. The Bertz CT molecular complexity index is 1630. The van der Waals surface area contributed by atoms with Crippen LogP contribution in [0.3, 0.4) is 0 Å². The van der Waals surface area contributed by atoms with Crippen LogP contribution >= 0.6 is 11.6 Å². The van der Waals surface area contributed by atoms with E-state index in [2.05, 4.69) is 6.07 Å². The van der Waals surface area contributed by atoms with Gasteiger partial charge in [0.15, 0.2) is 0 Å². The fourth-order valence-electron chi connectivity index (χ4n) is 5.89. The smallest absolute Gasteiger partial charge is 0.250 e. The van der Waals surface area contributed by atoms with E-state index >= 15 is 0 Å². The quantitative estimate of drug-likeness (QED) is 0.419. The molecular weight excluding hydrogens is 466 g/mol. The molecule has 2 aromatic carbocycles. The first kappa shape index (κ1) is 21.8. The molecule has 2 bridgehead atoms. The molecule has 2 N–H and O–H groups in total. The van der Waals surface area contributed by atoms with Gasteiger partial charge < -0.3 is 19.5 Å². The van der Waals surface area contributed by atoms with Crippen LogP contribution in [0.5, 0.6) is 11.8 Å². The van der Waals surface area contributed by atoms with E-state index in [0.29, 0.717) is 53.2 Å². The number of aromatic hydroxyl groups is 2. The molecule has 6 rings (SSSR count). The molecule has 35 heavy (non-hydrogen) atoms. The number of hydrogen-bond donors (Lipinski definition) is 2. The predicted octanol–water partition coefficient (Wildman–Crippen LogP) is 5.05. The maximum Gasteiger partial charge on any atom is 0.250 e. The van der Waals surface area contributed by atoms with Gasteiger partial charge in [0.25, 0.3) is 5.56 Å². The van der Waals surface area contributed by atoms with Crippen LogP contribution in [0.1, 0.15) is 42.9 Å². The number of nitriles is 1. The lowest BCUT2D eigenvalue weighted by molar-refractivity contribution is -0.0852. The minimum Gasteiger partial charge on any atom is -0.494 e. The van der Waals surface area contributed by atoms with Crippen LogP contribution in [-0.4, -0.2) is 19.3 Å². The van der Waals surface area contributed by atoms with Crippen LogP contribution in [0.25, 0.3) is 16.5 Å². The van der Waals surface area contributed by atoms with E-state index in [1.807, 2.05) is 31.2 Å². The summed E-state index contributed by atoms with van der Waals surface area (Å²) in [5.74, 6) is -0.161. The summed E-state index contributed by atoms with van der Waals surface area (Å²) in [5, 5.41) is 34.4. The summed E-state index contributed by atoms with van der Waals surface area (Å²) in [5.41, 5.74) is 0.458. The molecule has 1 fully saturated rings. The van der Waals surface area contributed by atoms with Crippen LogP contribution in [0.4, 0.5) is 0 Å². The number of fused-ring (bicyclic) bond motifs is 6. The van der Waals surface area contributed by atoms with Crippen LogP contribution in [0.2, 0.25) is 5.02 Å². The highest BCUT2D eigenvalue weighted by Crippen LogP contribution is 2.65. The van der Waals surface area contributed by atoms with Gasteiger partial charge in [-0.15, -0.1) is 0 Å². The number of rotatable bonds is 4. The third kappa shape index (κ3) is 2.97. The fraction of sp³-hybridized carbons (Fsp3) is 0.259. The van der Waals surface area contributed by atoms with Crippen LogP contribution in [0, 0.1) is 11.3 Å². The first-order valence-corrected chi connectivity index (χ1v) is 11.8. The minimum absolute atomic E-state index is 0.0728. The molecule has 0 radical (unpaired) electrons. The molecule has 1 saturated heterocycles. The third-order valence-electron chi connectivity index (χ3n) is 7.50. The van der Waals surface area contributed by atoms with Crippen molar-refractivity contribution in [1.29, 1.82) is 5.26 Å². The molecule has 2 aliphatic heterocycles. The number of aryl methyl sites for hydroxylation is 1. The molecule has 0 amide bonds. The number of hydrogen-bond acceptors (Lipinski definition) is 5. The van der Waals surface area contributed by atoms with Crippen molar-refractivity contribution in [3.8, 4) is 23.5 Å². The van der Waals surface area contributed by atoms with Crippen LogP contribution in [-0.2, 0) is 22.5 Å². The molecule has 0 spiro atoms. The summed E-state index contributed by atoms with van der Waals surface area (Å²) >= 11 is 6.09. The Morgan fingerprint density at radius 1 is 1.06 bits per heavy atom. The van der Waals surface area contributed by atoms with E-state index in [-0.39, 0.29) is 17.3 Å². The van der Waals surface area contributed by atoms with Crippen molar-refractivity contribution in [3.63, 3.8) is 0 Å². The van der Waals surface area contributed by atoms with E-state index in [1.54, 1.807) is 24.4 Å². The molecule has 8 heteroatoms. The summed E-state index contributed by atoms with van der Waals surface area (Å²) in [6.45, 7) is 2.27. The molecular formula is C27H22ClN3O4. The van der Waals surface area contributed by atoms with Crippen LogP contribution < -0.4 is 5.56 Å². The zero-order valence-electron chi connectivity index (χ0n) is 19.0. The molecule has 0 saturated carbocycles. The highest BCUT2D eigenvalue weighted by atomic mass is 35.5. The Kier molecular flexibility index (Phi) is 4.59. The second-order valence-corrected chi connectivity index (χ2v) is 9.91. The van der Waals surface area contributed by atoms with Crippen LogP contribution in [0.15, 0.2) is 59.5 Å². The minimum atomic E-state index is -0.846. The number of halogens is 1. The Hall–Kier alpha value is -3.73. The number of nitrogens with zero attached hydrogens (tertiary/aromatic N) is 3. The zero-order chi connectivity index (χ0) is 24.5. The molecule has 4 aromatic rings. The van der Waals surface area contributed by atoms with Gasteiger partial charge in [0, 0.05) is 29.6 Å². The monoisotopic (exact) mass is 487 g/mol. The van der Waals surface area contributed by atoms with Gasteiger partial charge in [0.2, 0.25) is 11.8 Å². The van der Waals surface area contributed by atoms with Gasteiger partial charge in [-0.1, -0.05) is 35.9 Å². The summed E-state index contributed by atoms with van der Waals surface area (Å²) in [6.07, 6.45) is 3.35. The lowest BCUT2D eigenvalue weighted by atomic mass is 9.78. The van der Waals surface area contributed by atoms with E-state index < -0.39 is 11.2 Å². The second kappa shape index (κ2) is 7.38. The van der Waals surface area contributed by atoms with Crippen molar-refractivity contribution in [3.05, 3.63) is 86.8 Å². The van der Waals surface area contributed by atoms with Crippen molar-refractivity contribution in [2.24, 2.45) is 0 Å². The topological polar surface area (TPSA) is 100 Å². The van der Waals surface area contributed by atoms with Gasteiger partial charge in [-0.2, -0.15) is 5.26 Å². The lowest BCUT2D eigenvalue weighted by Gasteiger charge is -2.26. The Labute approximate surface area is 206 Å². The van der Waals surface area contributed by atoms with Gasteiger partial charge in [0.1, 0.15) is 5.60 Å².